The summed E-state index contributed by atoms with van der Waals surface area (Å²) in [6.45, 7) is 1.69. The number of aromatic amines is 1. The van der Waals surface area contributed by atoms with Crippen molar-refractivity contribution in [3.8, 4) is 5.95 Å². The summed E-state index contributed by atoms with van der Waals surface area (Å²) < 4.78 is 22.8. The first kappa shape index (κ1) is 20.5. The number of aromatic nitrogens is 6. The van der Waals surface area contributed by atoms with Gasteiger partial charge >= 0.3 is 5.69 Å². The third-order valence-electron chi connectivity index (χ3n) is 6.14. The molecule has 10 heteroatoms. The van der Waals surface area contributed by atoms with E-state index in [2.05, 4.69) is 15.3 Å². The van der Waals surface area contributed by atoms with Gasteiger partial charge in [0.1, 0.15) is 17.7 Å². The number of fused-ring (bicyclic) bond motifs is 2. The van der Waals surface area contributed by atoms with Crippen molar-refractivity contribution >= 4 is 28.0 Å². The molecule has 5 aromatic rings. The number of nitrogens with zero attached hydrogens (tertiary/aromatic N) is 5. The molecule has 0 atom stereocenters. The Morgan fingerprint density at radius 3 is 2.76 bits per heavy atom. The van der Waals surface area contributed by atoms with Crippen molar-refractivity contribution in [1.29, 1.82) is 0 Å². The van der Waals surface area contributed by atoms with Crippen molar-refractivity contribution in [2.75, 3.05) is 18.5 Å². The van der Waals surface area contributed by atoms with Crippen LogP contribution in [0.3, 0.4) is 0 Å². The van der Waals surface area contributed by atoms with Gasteiger partial charge in [-0.1, -0.05) is 30.3 Å². The van der Waals surface area contributed by atoms with E-state index in [1.54, 1.807) is 21.5 Å². The molecule has 0 bridgehead atoms. The zero-order valence-electron chi connectivity index (χ0n) is 18.2. The Morgan fingerprint density at radius 2 is 1.94 bits per heavy atom. The molecule has 0 saturated carbocycles. The molecule has 4 heterocycles. The summed E-state index contributed by atoms with van der Waals surface area (Å²) in [5, 5.41) is 3.34. The van der Waals surface area contributed by atoms with Crippen molar-refractivity contribution in [2.24, 2.45) is 0 Å². The van der Waals surface area contributed by atoms with Crippen LogP contribution in [-0.2, 0) is 11.3 Å². The molecule has 0 aliphatic carbocycles. The van der Waals surface area contributed by atoms with Crippen molar-refractivity contribution in [3.63, 3.8) is 0 Å². The van der Waals surface area contributed by atoms with Crippen molar-refractivity contribution in [1.82, 2.24) is 29.1 Å². The fraction of sp³-hybridized carbons (Fsp3) is 0.250. The minimum Gasteiger partial charge on any atom is -0.381 e. The van der Waals surface area contributed by atoms with E-state index in [4.69, 9.17) is 14.7 Å². The van der Waals surface area contributed by atoms with Crippen LogP contribution in [0.15, 0.2) is 59.7 Å². The predicted molar refractivity (Wildman–Crippen MR) is 126 cm³/mol. The molecule has 1 saturated heterocycles. The molecule has 1 fully saturated rings. The second-order valence-electron chi connectivity index (χ2n) is 8.30. The summed E-state index contributed by atoms with van der Waals surface area (Å²) in [6.07, 6.45) is 3.01. The molecule has 34 heavy (non-hydrogen) atoms. The summed E-state index contributed by atoms with van der Waals surface area (Å²) in [7, 11) is 0. The Bertz CT molecular complexity index is 1530. The van der Waals surface area contributed by atoms with Crippen LogP contribution >= 0.6 is 0 Å². The highest BCUT2D eigenvalue weighted by molar-refractivity contribution is 5.84. The maximum absolute atomic E-state index is 14.0. The molecule has 0 amide bonds. The molecule has 1 aliphatic rings. The van der Waals surface area contributed by atoms with Gasteiger partial charge in [0.25, 0.3) is 0 Å². The number of benzene rings is 2. The molecule has 0 radical (unpaired) electrons. The maximum Gasteiger partial charge on any atom is 0.328 e. The fourth-order valence-corrected chi connectivity index (χ4v) is 4.43. The first-order chi connectivity index (χ1) is 16.7. The van der Waals surface area contributed by atoms with E-state index in [1.165, 1.54) is 12.1 Å². The molecule has 3 aromatic heterocycles. The van der Waals surface area contributed by atoms with E-state index in [0.29, 0.717) is 53.7 Å². The lowest BCUT2D eigenvalue weighted by Crippen LogP contribution is -2.27. The average Bonchev–Trinajstić information content (AvgIpc) is 3.43. The second kappa shape index (κ2) is 8.38. The van der Waals surface area contributed by atoms with Gasteiger partial charge in [-0.2, -0.15) is 9.97 Å². The Kier molecular flexibility index (Phi) is 5.06. The van der Waals surface area contributed by atoms with Gasteiger partial charge in [0.05, 0.1) is 11.0 Å². The fourth-order valence-electron chi connectivity index (χ4n) is 4.43. The van der Waals surface area contributed by atoms with Crippen molar-refractivity contribution in [3.05, 3.63) is 76.7 Å². The van der Waals surface area contributed by atoms with Crippen molar-refractivity contribution < 1.29 is 9.13 Å². The monoisotopic (exact) mass is 459 g/mol. The third kappa shape index (κ3) is 3.61. The van der Waals surface area contributed by atoms with Crippen LogP contribution in [0.25, 0.3) is 28.1 Å². The van der Waals surface area contributed by atoms with E-state index < -0.39 is 0 Å². The SMILES string of the molecule is O=c1[nH]c2c(NCc3ccccc3)nc(-n3cnc4ccc(F)cc43)nc2n1C1CCOCC1. The minimum absolute atomic E-state index is 0.0308. The lowest BCUT2D eigenvalue weighted by molar-refractivity contribution is 0.0697. The smallest absolute Gasteiger partial charge is 0.328 e. The van der Waals surface area contributed by atoms with Crippen LogP contribution in [0.5, 0.6) is 0 Å². The lowest BCUT2D eigenvalue weighted by atomic mass is 10.1. The molecule has 9 nitrogen and oxygen atoms in total. The van der Waals surface area contributed by atoms with E-state index in [-0.39, 0.29) is 17.5 Å². The number of hydrogen-bond acceptors (Lipinski definition) is 6. The summed E-state index contributed by atoms with van der Waals surface area (Å²) in [5.74, 6) is 0.416. The largest absolute Gasteiger partial charge is 0.381 e. The molecule has 0 unspecified atom stereocenters. The summed E-state index contributed by atoms with van der Waals surface area (Å²) in [5.41, 5.74) is 3.03. The molecular formula is C24H22FN7O2. The van der Waals surface area contributed by atoms with Gasteiger partial charge in [-0.25, -0.2) is 14.2 Å². The number of H-pyrrole nitrogens is 1. The molecule has 172 valence electrons. The van der Waals surface area contributed by atoms with E-state index in [1.807, 2.05) is 30.3 Å². The number of halogens is 1. The molecule has 2 N–H and O–H groups in total. The first-order valence-electron chi connectivity index (χ1n) is 11.2. The van der Waals surface area contributed by atoms with Crippen LogP contribution in [0.1, 0.15) is 24.4 Å². The highest BCUT2D eigenvalue weighted by Crippen LogP contribution is 2.27. The zero-order chi connectivity index (χ0) is 23.1. The van der Waals surface area contributed by atoms with Gasteiger partial charge in [-0.05, 0) is 30.5 Å². The van der Waals surface area contributed by atoms with Gasteiger partial charge in [0.15, 0.2) is 11.5 Å². The van der Waals surface area contributed by atoms with Crippen molar-refractivity contribution in [2.45, 2.75) is 25.4 Å². The molecule has 0 spiro atoms. The molecule has 6 rings (SSSR count). The molecular weight excluding hydrogens is 437 g/mol. The van der Waals surface area contributed by atoms with Crippen LogP contribution in [-0.4, -0.2) is 42.3 Å². The van der Waals surface area contributed by atoms with Gasteiger partial charge in [-0.3, -0.25) is 9.13 Å². The average molecular weight is 459 g/mol. The van der Waals surface area contributed by atoms with Gasteiger partial charge < -0.3 is 15.0 Å². The number of hydrogen-bond donors (Lipinski definition) is 2. The Balaban J connectivity index is 1.52. The minimum atomic E-state index is -0.376. The van der Waals surface area contributed by atoms with Gasteiger partial charge in [-0.15, -0.1) is 0 Å². The standard InChI is InChI=1S/C24H22FN7O2/c25-16-6-7-18-19(12-16)31(14-27-18)23-29-21(26-13-15-4-2-1-3-5-15)20-22(30-23)32(24(33)28-20)17-8-10-34-11-9-17/h1-7,12,14,17H,8-11,13H2,(H,28,33)(H,26,29,30). The third-order valence-corrected chi connectivity index (χ3v) is 6.14. The summed E-state index contributed by atoms with van der Waals surface area (Å²) in [4.78, 5) is 29.8. The Hall–Kier alpha value is -4.05. The van der Waals surface area contributed by atoms with Gasteiger partial charge in [0.2, 0.25) is 5.95 Å². The highest BCUT2D eigenvalue weighted by atomic mass is 19.1. The van der Waals surface area contributed by atoms with Crippen LogP contribution in [0.2, 0.25) is 0 Å². The van der Waals surface area contributed by atoms with E-state index >= 15 is 0 Å². The molecule has 1 aliphatic heterocycles. The maximum atomic E-state index is 14.0. The second-order valence-corrected chi connectivity index (χ2v) is 8.30. The van der Waals surface area contributed by atoms with E-state index in [9.17, 15) is 9.18 Å². The lowest BCUT2D eigenvalue weighted by Gasteiger charge is -2.23. The normalized spacial score (nSPS) is 14.7. The van der Waals surface area contributed by atoms with E-state index in [0.717, 1.165) is 18.4 Å². The molecule has 2 aromatic carbocycles. The zero-order valence-corrected chi connectivity index (χ0v) is 18.2. The Morgan fingerprint density at radius 1 is 1.12 bits per heavy atom. The topological polar surface area (TPSA) is 103 Å². The quantitative estimate of drug-likeness (QED) is 0.417. The first-order valence-corrected chi connectivity index (χ1v) is 11.2. The summed E-state index contributed by atoms with van der Waals surface area (Å²) >= 11 is 0. The van der Waals surface area contributed by atoms with Crippen LogP contribution < -0.4 is 11.0 Å². The number of nitrogens with one attached hydrogen (secondary N) is 2. The summed E-state index contributed by atoms with van der Waals surface area (Å²) in [6, 6.07) is 14.3. The highest BCUT2D eigenvalue weighted by Gasteiger charge is 2.24. The van der Waals surface area contributed by atoms with Crippen LogP contribution in [0, 0.1) is 5.82 Å². The Labute approximate surface area is 193 Å². The number of anilines is 1. The number of rotatable bonds is 5. The number of imidazole rings is 2. The number of ether oxygens (including phenoxy) is 1. The van der Waals surface area contributed by atoms with Gasteiger partial charge in [0, 0.05) is 31.9 Å². The van der Waals surface area contributed by atoms with Crippen LogP contribution in [0.4, 0.5) is 10.2 Å². The predicted octanol–water partition coefficient (Wildman–Crippen LogP) is 3.56.